The Morgan fingerprint density at radius 2 is 1.81 bits per heavy atom. The number of benzene rings is 2. The number of carbonyl (C=O) groups excluding carboxylic acids is 3. The molecule has 36 heavy (non-hydrogen) atoms. The van der Waals surface area contributed by atoms with E-state index in [2.05, 4.69) is 5.10 Å². The zero-order valence-corrected chi connectivity index (χ0v) is 20.4. The number of rotatable bonds is 4. The molecule has 0 bridgehead atoms. The molecule has 0 amide bonds. The highest BCUT2D eigenvalue weighted by atomic mass is 16.5. The summed E-state index contributed by atoms with van der Waals surface area (Å²) in [6, 6.07) is 6.62. The lowest BCUT2D eigenvalue weighted by Crippen LogP contribution is -2.36. The number of carbonyl (C=O) groups is 3. The van der Waals surface area contributed by atoms with E-state index < -0.39 is 17.2 Å². The van der Waals surface area contributed by atoms with Crippen LogP contribution in [0.25, 0.3) is 11.8 Å². The molecule has 1 aromatic heterocycles. The van der Waals surface area contributed by atoms with Crippen molar-refractivity contribution in [1.82, 2.24) is 9.78 Å². The van der Waals surface area contributed by atoms with Gasteiger partial charge in [-0.2, -0.15) is 5.10 Å². The third-order valence-corrected chi connectivity index (χ3v) is 6.86. The van der Waals surface area contributed by atoms with Crippen LogP contribution in [0.5, 0.6) is 17.2 Å². The van der Waals surface area contributed by atoms with Crippen LogP contribution in [0.2, 0.25) is 0 Å². The van der Waals surface area contributed by atoms with E-state index in [1.807, 2.05) is 0 Å². The van der Waals surface area contributed by atoms with Gasteiger partial charge in [0.05, 0.1) is 40.4 Å². The van der Waals surface area contributed by atoms with Crippen LogP contribution in [-0.4, -0.2) is 44.1 Å². The number of phenols is 2. The Kier molecular flexibility index (Phi) is 5.06. The van der Waals surface area contributed by atoms with Crippen molar-refractivity contribution in [2.75, 3.05) is 6.61 Å². The van der Waals surface area contributed by atoms with Crippen molar-refractivity contribution >= 4 is 23.6 Å². The van der Waals surface area contributed by atoms with Gasteiger partial charge in [0.1, 0.15) is 34.0 Å². The number of Topliss-reactive ketones (excluding diaryl/α,β-unsaturated/α-hetero) is 2. The maximum atomic E-state index is 14.0. The summed E-state index contributed by atoms with van der Waals surface area (Å²) < 4.78 is 12.6. The number of nitrogens with zero attached hydrogens (tertiary/aromatic N) is 2. The topological polar surface area (TPSA) is 128 Å². The van der Waals surface area contributed by atoms with E-state index in [-0.39, 0.29) is 52.1 Å². The Morgan fingerprint density at radius 3 is 2.42 bits per heavy atom. The van der Waals surface area contributed by atoms with E-state index in [0.29, 0.717) is 28.2 Å². The lowest BCUT2D eigenvalue weighted by Gasteiger charge is -2.27. The average Bonchev–Trinajstić information content (AvgIpc) is 3.32. The second-order valence-electron chi connectivity index (χ2n) is 9.05. The SMILES string of the molecule is CCOC(=O)c1ccc(-n2nc(C)c3c2C=C2Oc4c(C(C)=O)c(O)c(C)c(O)c4[C@@]2(C)C3=O)cc1. The Bertz CT molecular complexity index is 1530. The molecule has 2 N–H and O–H groups in total. The predicted octanol–water partition coefficient (Wildman–Crippen LogP) is 4.17. The largest absolute Gasteiger partial charge is 0.507 e. The Hall–Kier alpha value is -4.40. The van der Waals surface area contributed by atoms with Gasteiger partial charge in [0.15, 0.2) is 11.6 Å². The third-order valence-electron chi connectivity index (χ3n) is 6.86. The van der Waals surface area contributed by atoms with Gasteiger partial charge in [0.2, 0.25) is 0 Å². The van der Waals surface area contributed by atoms with Crippen LogP contribution in [0.1, 0.15) is 74.4 Å². The molecule has 9 heteroatoms. The van der Waals surface area contributed by atoms with E-state index in [9.17, 15) is 24.6 Å². The average molecular weight is 488 g/mol. The lowest BCUT2D eigenvalue weighted by molar-refractivity contribution is 0.0526. The molecule has 3 aromatic rings. The smallest absolute Gasteiger partial charge is 0.338 e. The molecule has 2 heterocycles. The van der Waals surface area contributed by atoms with E-state index >= 15 is 0 Å². The van der Waals surface area contributed by atoms with Crippen LogP contribution >= 0.6 is 0 Å². The van der Waals surface area contributed by atoms with E-state index in [0.717, 1.165) is 0 Å². The lowest BCUT2D eigenvalue weighted by atomic mass is 9.71. The number of allylic oxidation sites excluding steroid dienone is 1. The Labute approximate surface area is 206 Å². The van der Waals surface area contributed by atoms with Gasteiger partial charge in [0, 0.05) is 11.6 Å². The minimum atomic E-state index is -1.42. The molecule has 184 valence electrons. The number of hydrogen-bond acceptors (Lipinski definition) is 8. The maximum absolute atomic E-state index is 14.0. The van der Waals surface area contributed by atoms with Crippen LogP contribution in [-0.2, 0) is 10.2 Å². The van der Waals surface area contributed by atoms with Crippen molar-refractivity contribution < 1.29 is 34.1 Å². The molecule has 0 saturated carbocycles. The van der Waals surface area contributed by atoms with Crippen molar-refractivity contribution in [3.05, 3.63) is 69.2 Å². The number of ether oxygens (including phenoxy) is 2. The van der Waals surface area contributed by atoms with Crippen molar-refractivity contribution in [2.24, 2.45) is 0 Å². The molecule has 0 fully saturated rings. The summed E-state index contributed by atoms with van der Waals surface area (Å²) in [4.78, 5) is 38.4. The maximum Gasteiger partial charge on any atom is 0.338 e. The van der Waals surface area contributed by atoms with Crippen molar-refractivity contribution in [3.63, 3.8) is 0 Å². The predicted molar refractivity (Wildman–Crippen MR) is 129 cm³/mol. The first-order valence-electron chi connectivity index (χ1n) is 11.4. The standard InChI is InChI=1S/C27H24N2O7/c1-6-35-26(34)15-7-9-16(10-8-15)29-17-11-18-27(5,25(33)19(17)13(3)28-29)21-23(32)12(2)22(31)20(14(4)30)24(21)36-18/h7-11,31-32H,6H2,1-5H3/t27-/m0/s1. The van der Waals surface area contributed by atoms with Crippen LogP contribution < -0.4 is 4.74 Å². The molecule has 0 unspecified atom stereocenters. The summed E-state index contributed by atoms with van der Waals surface area (Å²) in [7, 11) is 0. The number of hydrogen-bond donors (Lipinski definition) is 2. The molecule has 5 rings (SSSR count). The summed E-state index contributed by atoms with van der Waals surface area (Å²) in [5.74, 6) is -1.73. The van der Waals surface area contributed by atoms with Crippen LogP contribution in [0, 0.1) is 13.8 Å². The Balaban J connectivity index is 1.68. The molecule has 2 aliphatic rings. The highest BCUT2D eigenvalue weighted by Crippen LogP contribution is 2.58. The van der Waals surface area contributed by atoms with Crippen molar-refractivity contribution in [2.45, 2.75) is 40.0 Å². The first-order chi connectivity index (χ1) is 17.0. The van der Waals surface area contributed by atoms with Crippen molar-refractivity contribution in [1.29, 1.82) is 0 Å². The van der Waals surface area contributed by atoms with E-state index in [1.54, 1.807) is 55.8 Å². The first kappa shape index (κ1) is 23.3. The number of aryl methyl sites for hydroxylation is 1. The molecule has 0 saturated heterocycles. The summed E-state index contributed by atoms with van der Waals surface area (Å²) in [5, 5.41) is 26.1. The van der Waals surface area contributed by atoms with E-state index in [4.69, 9.17) is 9.47 Å². The molecule has 0 spiro atoms. The molecule has 1 aliphatic carbocycles. The van der Waals surface area contributed by atoms with Gasteiger partial charge >= 0.3 is 5.97 Å². The Morgan fingerprint density at radius 1 is 1.14 bits per heavy atom. The van der Waals surface area contributed by atoms with Gasteiger partial charge in [-0.3, -0.25) is 9.59 Å². The normalized spacial score (nSPS) is 17.6. The number of fused-ring (bicyclic) bond motifs is 4. The van der Waals surface area contributed by atoms with E-state index in [1.165, 1.54) is 13.8 Å². The van der Waals surface area contributed by atoms with Crippen molar-refractivity contribution in [3.8, 4) is 22.9 Å². The molecular formula is C27H24N2O7. The van der Waals surface area contributed by atoms with Gasteiger partial charge in [-0.15, -0.1) is 0 Å². The number of aromatic hydroxyl groups is 2. The fraction of sp³-hybridized carbons (Fsp3) is 0.259. The van der Waals surface area contributed by atoms with Crippen LogP contribution in [0.4, 0.5) is 0 Å². The summed E-state index contributed by atoms with van der Waals surface area (Å²) in [6.07, 6.45) is 1.66. The monoisotopic (exact) mass is 488 g/mol. The molecular weight excluding hydrogens is 464 g/mol. The summed E-state index contributed by atoms with van der Waals surface area (Å²) >= 11 is 0. The first-order valence-corrected chi connectivity index (χ1v) is 11.4. The van der Waals surface area contributed by atoms with Gasteiger partial charge < -0.3 is 19.7 Å². The number of ketones is 2. The van der Waals surface area contributed by atoms with Gasteiger partial charge in [-0.05, 0) is 58.9 Å². The molecule has 9 nitrogen and oxygen atoms in total. The second-order valence-corrected chi connectivity index (χ2v) is 9.05. The molecule has 0 radical (unpaired) electrons. The number of aromatic nitrogens is 2. The van der Waals surface area contributed by atoms with Crippen LogP contribution in [0.15, 0.2) is 30.0 Å². The zero-order chi connectivity index (χ0) is 26.1. The van der Waals surface area contributed by atoms with Gasteiger partial charge in [-0.25, -0.2) is 9.48 Å². The fourth-order valence-corrected chi connectivity index (χ4v) is 4.94. The highest BCUT2D eigenvalue weighted by Gasteiger charge is 2.55. The minimum absolute atomic E-state index is 0.0219. The minimum Gasteiger partial charge on any atom is -0.507 e. The third kappa shape index (κ3) is 2.95. The highest BCUT2D eigenvalue weighted by molar-refractivity contribution is 6.14. The zero-order valence-electron chi connectivity index (χ0n) is 20.4. The quantitative estimate of drug-likeness (QED) is 0.414. The second kappa shape index (κ2) is 7.81. The number of phenolic OH excluding ortho intramolecular Hbond substituents is 2. The van der Waals surface area contributed by atoms with Gasteiger partial charge in [-0.1, -0.05) is 0 Å². The molecule has 1 atom stereocenters. The summed E-state index contributed by atoms with van der Waals surface area (Å²) in [5.41, 5.74) is 1.02. The number of esters is 1. The van der Waals surface area contributed by atoms with Crippen LogP contribution in [0.3, 0.4) is 0 Å². The molecule has 1 aliphatic heterocycles. The summed E-state index contributed by atoms with van der Waals surface area (Å²) in [6.45, 7) is 8.09. The molecule has 2 aromatic carbocycles. The fourth-order valence-electron chi connectivity index (χ4n) is 4.94. The van der Waals surface area contributed by atoms with Gasteiger partial charge in [0.25, 0.3) is 0 Å².